The van der Waals surface area contributed by atoms with Gasteiger partial charge in [-0.2, -0.15) is 0 Å². The molecule has 2 heterocycles. The van der Waals surface area contributed by atoms with Gasteiger partial charge in [-0.25, -0.2) is 14.8 Å². The molecule has 2 aromatic heterocycles. The molecule has 7 nitrogen and oxygen atoms in total. The smallest absolute Gasteiger partial charge is 0.315 e. The number of hydrogen-bond acceptors (Lipinski definition) is 4. The third kappa shape index (κ3) is 3.60. The Morgan fingerprint density at radius 1 is 1.33 bits per heavy atom. The number of H-pyrrole nitrogens is 1. The summed E-state index contributed by atoms with van der Waals surface area (Å²) in [6.45, 7) is 2.78. The third-order valence-corrected chi connectivity index (χ3v) is 4.78. The van der Waals surface area contributed by atoms with E-state index >= 15 is 0 Å². The van der Waals surface area contributed by atoms with Crippen molar-refractivity contribution in [2.75, 3.05) is 18.5 Å². The molecule has 0 atom stereocenters. The van der Waals surface area contributed by atoms with Crippen molar-refractivity contribution >= 4 is 22.9 Å². The zero-order valence-corrected chi connectivity index (χ0v) is 14.4. The molecule has 0 aromatic carbocycles. The molecule has 0 unspecified atom stereocenters. The Morgan fingerprint density at radius 3 is 2.88 bits per heavy atom. The highest BCUT2D eigenvalue weighted by molar-refractivity contribution is 5.87. The first-order chi connectivity index (χ1) is 11.7. The van der Waals surface area contributed by atoms with E-state index in [2.05, 4.69) is 44.5 Å². The maximum absolute atomic E-state index is 11.8. The molecule has 1 aliphatic carbocycles. The predicted octanol–water partition coefficient (Wildman–Crippen LogP) is 2.41. The summed E-state index contributed by atoms with van der Waals surface area (Å²) in [7, 11) is 2.10. The van der Waals surface area contributed by atoms with Gasteiger partial charge in [-0.1, -0.05) is 6.92 Å². The second-order valence-electron chi connectivity index (χ2n) is 6.45. The maximum Gasteiger partial charge on any atom is 0.315 e. The Labute approximate surface area is 142 Å². The first-order valence-corrected chi connectivity index (χ1v) is 8.74. The lowest BCUT2D eigenvalue weighted by Gasteiger charge is -2.35. The van der Waals surface area contributed by atoms with E-state index in [0.29, 0.717) is 6.04 Å². The second kappa shape index (κ2) is 7.51. The topological polar surface area (TPSA) is 85.9 Å². The standard InChI is InChI=1S/C17H26N6O/c1-3-9-19-17(24)22-12-4-6-13(7-5-12)23(2)16-14-8-10-18-15(14)20-11-21-16/h8,10-13H,3-7,9H2,1-2H3,(H,18,20,21)(H2,19,22,24)/t12-,13-. The van der Waals surface area contributed by atoms with E-state index in [1.807, 2.05) is 12.3 Å². The fourth-order valence-corrected chi connectivity index (χ4v) is 3.40. The molecule has 2 aromatic rings. The Balaban J connectivity index is 1.56. The summed E-state index contributed by atoms with van der Waals surface area (Å²) in [5.74, 6) is 0.971. The summed E-state index contributed by atoms with van der Waals surface area (Å²) in [5, 5.41) is 7.01. The summed E-state index contributed by atoms with van der Waals surface area (Å²) >= 11 is 0. The van der Waals surface area contributed by atoms with Crippen molar-refractivity contribution in [3.63, 3.8) is 0 Å². The van der Waals surface area contributed by atoms with Gasteiger partial charge in [0.15, 0.2) is 0 Å². The normalized spacial score (nSPS) is 20.8. The van der Waals surface area contributed by atoms with Crippen LogP contribution in [0, 0.1) is 0 Å². The summed E-state index contributed by atoms with van der Waals surface area (Å²) in [6, 6.07) is 2.68. The van der Waals surface area contributed by atoms with Crippen LogP contribution in [0.15, 0.2) is 18.6 Å². The monoisotopic (exact) mass is 330 g/mol. The Hall–Kier alpha value is -2.31. The summed E-state index contributed by atoms with van der Waals surface area (Å²) < 4.78 is 0. The van der Waals surface area contributed by atoms with Gasteiger partial charge < -0.3 is 20.5 Å². The van der Waals surface area contributed by atoms with Gasteiger partial charge in [0, 0.05) is 31.9 Å². The molecule has 7 heteroatoms. The number of carbonyl (C=O) groups is 1. The van der Waals surface area contributed by atoms with Gasteiger partial charge >= 0.3 is 6.03 Å². The number of aromatic amines is 1. The number of urea groups is 1. The van der Waals surface area contributed by atoms with E-state index in [-0.39, 0.29) is 12.1 Å². The Kier molecular flexibility index (Phi) is 5.17. The second-order valence-corrected chi connectivity index (χ2v) is 6.45. The minimum atomic E-state index is -0.0431. The molecule has 130 valence electrons. The number of amides is 2. The Morgan fingerprint density at radius 2 is 2.12 bits per heavy atom. The molecule has 0 spiro atoms. The van der Waals surface area contributed by atoms with Crippen LogP contribution in [-0.4, -0.2) is 46.7 Å². The number of rotatable bonds is 5. The lowest BCUT2D eigenvalue weighted by atomic mass is 9.90. The van der Waals surface area contributed by atoms with Crippen LogP contribution < -0.4 is 15.5 Å². The molecule has 2 amide bonds. The molecular weight excluding hydrogens is 304 g/mol. The quantitative estimate of drug-likeness (QED) is 0.786. The molecule has 0 aliphatic heterocycles. The van der Waals surface area contributed by atoms with Crippen LogP contribution in [0.5, 0.6) is 0 Å². The van der Waals surface area contributed by atoms with E-state index in [9.17, 15) is 4.79 Å². The maximum atomic E-state index is 11.8. The molecule has 0 saturated heterocycles. The van der Waals surface area contributed by atoms with Crippen LogP contribution in [0.3, 0.4) is 0 Å². The van der Waals surface area contributed by atoms with Gasteiger partial charge in [-0.15, -0.1) is 0 Å². The van der Waals surface area contributed by atoms with Gasteiger partial charge in [0.05, 0.1) is 5.39 Å². The molecule has 1 aliphatic rings. The zero-order valence-electron chi connectivity index (χ0n) is 14.4. The predicted molar refractivity (Wildman–Crippen MR) is 95.2 cm³/mol. The number of carbonyl (C=O) groups excluding carboxylic acids is 1. The van der Waals surface area contributed by atoms with E-state index in [1.165, 1.54) is 0 Å². The zero-order chi connectivity index (χ0) is 16.9. The number of hydrogen-bond donors (Lipinski definition) is 3. The molecular formula is C17H26N6O. The van der Waals surface area contributed by atoms with Crippen LogP contribution in [0.1, 0.15) is 39.0 Å². The highest BCUT2D eigenvalue weighted by Gasteiger charge is 2.26. The van der Waals surface area contributed by atoms with Crippen LogP contribution in [0.25, 0.3) is 11.0 Å². The molecule has 24 heavy (non-hydrogen) atoms. The van der Waals surface area contributed by atoms with Crippen LogP contribution in [0.2, 0.25) is 0 Å². The number of nitrogens with one attached hydrogen (secondary N) is 3. The number of fused-ring (bicyclic) bond motifs is 1. The van der Waals surface area contributed by atoms with Crippen molar-refractivity contribution in [3.8, 4) is 0 Å². The third-order valence-electron chi connectivity index (χ3n) is 4.78. The highest BCUT2D eigenvalue weighted by Crippen LogP contribution is 2.28. The number of nitrogens with zero attached hydrogens (tertiary/aromatic N) is 3. The Bertz CT molecular complexity index is 677. The van der Waals surface area contributed by atoms with Crippen molar-refractivity contribution in [2.45, 2.75) is 51.1 Å². The van der Waals surface area contributed by atoms with E-state index < -0.39 is 0 Å². The largest absolute Gasteiger partial charge is 0.356 e. The van der Waals surface area contributed by atoms with Crippen LogP contribution in [-0.2, 0) is 0 Å². The highest BCUT2D eigenvalue weighted by atomic mass is 16.2. The average molecular weight is 330 g/mol. The lowest BCUT2D eigenvalue weighted by Crippen LogP contribution is -2.46. The average Bonchev–Trinajstić information content (AvgIpc) is 3.08. The van der Waals surface area contributed by atoms with Crippen molar-refractivity contribution in [1.29, 1.82) is 0 Å². The molecule has 0 radical (unpaired) electrons. The molecule has 3 N–H and O–H groups in total. The molecule has 1 saturated carbocycles. The van der Waals surface area contributed by atoms with Crippen molar-refractivity contribution < 1.29 is 4.79 Å². The summed E-state index contributed by atoms with van der Waals surface area (Å²) in [4.78, 5) is 25.9. The molecule has 3 rings (SSSR count). The molecule has 1 fully saturated rings. The number of anilines is 1. The van der Waals surface area contributed by atoms with Gasteiger partial charge in [-0.05, 0) is 38.2 Å². The number of aromatic nitrogens is 3. The van der Waals surface area contributed by atoms with E-state index in [1.54, 1.807) is 6.33 Å². The fraction of sp³-hybridized carbons (Fsp3) is 0.588. The first kappa shape index (κ1) is 16.5. The van der Waals surface area contributed by atoms with Gasteiger partial charge in [0.2, 0.25) is 0 Å². The van der Waals surface area contributed by atoms with Gasteiger partial charge in [-0.3, -0.25) is 0 Å². The fourth-order valence-electron chi connectivity index (χ4n) is 3.40. The van der Waals surface area contributed by atoms with Gasteiger partial charge in [0.1, 0.15) is 17.8 Å². The van der Waals surface area contributed by atoms with Crippen molar-refractivity contribution in [1.82, 2.24) is 25.6 Å². The first-order valence-electron chi connectivity index (χ1n) is 8.74. The van der Waals surface area contributed by atoms with Crippen LogP contribution >= 0.6 is 0 Å². The van der Waals surface area contributed by atoms with E-state index in [4.69, 9.17) is 0 Å². The minimum absolute atomic E-state index is 0.0431. The van der Waals surface area contributed by atoms with Crippen molar-refractivity contribution in [2.24, 2.45) is 0 Å². The summed E-state index contributed by atoms with van der Waals surface area (Å²) in [5.41, 5.74) is 0.870. The SMILES string of the molecule is CCCNC(=O)N[C@H]1CC[C@H](N(C)c2ncnc3[nH]ccc23)CC1. The van der Waals surface area contributed by atoms with Gasteiger partial charge in [0.25, 0.3) is 0 Å². The van der Waals surface area contributed by atoms with Crippen LogP contribution in [0.4, 0.5) is 10.6 Å². The van der Waals surface area contributed by atoms with E-state index in [0.717, 1.165) is 55.5 Å². The summed E-state index contributed by atoms with van der Waals surface area (Å²) in [6.07, 6.45) is 8.54. The lowest BCUT2D eigenvalue weighted by molar-refractivity contribution is 0.231. The van der Waals surface area contributed by atoms with Crippen molar-refractivity contribution in [3.05, 3.63) is 18.6 Å². The minimum Gasteiger partial charge on any atom is -0.356 e. The molecule has 0 bridgehead atoms.